The molecule has 2 aliphatic rings. The first-order valence-electron chi connectivity index (χ1n) is 4.43. The third-order valence-electron chi connectivity index (χ3n) is 2.50. The molecule has 1 saturated heterocycles. The average molecular weight is 174 g/mol. The lowest BCUT2D eigenvalue weighted by molar-refractivity contribution is 0.198. The summed E-state index contributed by atoms with van der Waals surface area (Å²) in [4.78, 5) is 6.63. The summed E-state index contributed by atoms with van der Waals surface area (Å²) in [5.41, 5.74) is 2.23. The predicted molar refractivity (Wildman–Crippen MR) is 51.7 cm³/mol. The summed E-state index contributed by atoms with van der Waals surface area (Å²) < 4.78 is 5.38. The second-order valence-electron chi connectivity index (χ2n) is 3.30. The molecule has 1 aromatic carbocycles. The van der Waals surface area contributed by atoms with Crippen LogP contribution in [0, 0.1) is 0 Å². The van der Waals surface area contributed by atoms with E-state index in [0.29, 0.717) is 12.8 Å². The molecule has 66 valence electrons. The molecule has 0 aromatic heterocycles. The molecule has 0 aliphatic carbocycles. The van der Waals surface area contributed by atoms with Gasteiger partial charge in [-0.2, -0.15) is 0 Å². The molecule has 0 N–H and O–H groups in total. The van der Waals surface area contributed by atoms with E-state index in [0.717, 1.165) is 12.3 Å². The first-order chi connectivity index (χ1) is 6.45. The second kappa shape index (κ2) is 2.57. The van der Waals surface area contributed by atoms with Crippen molar-refractivity contribution in [3.8, 4) is 0 Å². The van der Waals surface area contributed by atoms with E-state index < -0.39 is 0 Å². The van der Waals surface area contributed by atoms with Crippen LogP contribution in [-0.2, 0) is 4.74 Å². The number of hydrogen-bond acceptors (Lipinski definition) is 3. The van der Waals surface area contributed by atoms with Gasteiger partial charge in [0, 0.05) is 6.21 Å². The monoisotopic (exact) mass is 174 g/mol. The Bertz CT molecular complexity index is 362. The minimum atomic E-state index is 0.342. The van der Waals surface area contributed by atoms with Crippen LogP contribution in [0.25, 0.3) is 0 Å². The van der Waals surface area contributed by atoms with Crippen molar-refractivity contribution >= 4 is 17.6 Å². The van der Waals surface area contributed by atoms with Crippen LogP contribution in [0.5, 0.6) is 0 Å². The molecule has 3 nitrogen and oxygen atoms in total. The van der Waals surface area contributed by atoms with E-state index in [9.17, 15) is 0 Å². The highest BCUT2D eigenvalue weighted by atomic mass is 16.5. The van der Waals surface area contributed by atoms with Crippen LogP contribution in [0.15, 0.2) is 29.3 Å². The van der Waals surface area contributed by atoms with Crippen molar-refractivity contribution in [1.29, 1.82) is 0 Å². The van der Waals surface area contributed by atoms with Crippen molar-refractivity contribution in [3.05, 3.63) is 24.3 Å². The maximum absolute atomic E-state index is 5.38. The molecule has 1 atom stereocenters. The standard InChI is InChI=1S/C10H10N2O/c1-2-4-10-9(3-1)11-5-8-6-13-7-12(8)10/h1-5,8H,6-7H2. The van der Waals surface area contributed by atoms with Gasteiger partial charge in [0.25, 0.3) is 0 Å². The van der Waals surface area contributed by atoms with E-state index in [4.69, 9.17) is 4.74 Å². The molecule has 1 aromatic rings. The predicted octanol–water partition coefficient (Wildman–Crippen LogP) is 1.57. The molecule has 3 rings (SSSR count). The maximum atomic E-state index is 5.38. The number of anilines is 1. The van der Waals surface area contributed by atoms with Gasteiger partial charge in [-0.25, -0.2) is 0 Å². The van der Waals surface area contributed by atoms with Crippen LogP contribution in [0.1, 0.15) is 0 Å². The summed E-state index contributed by atoms with van der Waals surface area (Å²) in [6.07, 6.45) is 1.97. The smallest absolute Gasteiger partial charge is 0.119 e. The molecule has 0 saturated carbocycles. The topological polar surface area (TPSA) is 24.8 Å². The Morgan fingerprint density at radius 2 is 2.31 bits per heavy atom. The third kappa shape index (κ3) is 0.971. The number of ether oxygens (including phenoxy) is 1. The highest BCUT2D eigenvalue weighted by Crippen LogP contribution is 2.34. The van der Waals surface area contributed by atoms with Crippen LogP contribution in [0.4, 0.5) is 11.4 Å². The molecule has 0 bridgehead atoms. The Morgan fingerprint density at radius 3 is 3.31 bits per heavy atom. The first-order valence-corrected chi connectivity index (χ1v) is 4.43. The van der Waals surface area contributed by atoms with Gasteiger partial charge < -0.3 is 9.64 Å². The van der Waals surface area contributed by atoms with Gasteiger partial charge in [0.05, 0.1) is 24.0 Å². The highest BCUT2D eigenvalue weighted by molar-refractivity contribution is 5.84. The van der Waals surface area contributed by atoms with Crippen molar-refractivity contribution in [3.63, 3.8) is 0 Å². The minimum absolute atomic E-state index is 0.342. The number of hydrogen-bond donors (Lipinski definition) is 0. The fourth-order valence-electron chi connectivity index (χ4n) is 1.81. The largest absolute Gasteiger partial charge is 0.359 e. The maximum Gasteiger partial charge on any atom is 0.119 e. The van der Waals surface area contributed by atoms with Crippen LogP contribution < -0.4 is 4.90 Å². The number of para-hydroxylation sites is 2. The highest BCUT2D eigenvalue weighted by Gasteiger charge is 2.28. The molecule has 1 unspecified atom stereocenters. The Balaban J connectivity index is 2.13. The van der Waals surface area contributed by atoms with Gasteiger partial charge in [-0.15, -0.1) is 0 Å². The van der Waals surface area contributed by atoms with Gasteiger partial charge >= 0.3 is 0 Å². The number of benzene rings is 1. The second-order valence-corrected chi connectivity index (χ2v) is 3.30. The lowest BCUT2D eigenvalue weighted by atomic mass is 10.2. The van der Waals surface area contributed by atoms with Gasteiger partial charge in [0.2, 0.25) is 0 Å². The zero-order valence-electron chi connectivity index (χ0n) is 7.18. The molecule has 1 fully saturated rings. The Hall–Kier alpha value is -1.35. The van der Waals surface area contributed by atoms with Crippen molar-refractivity contribution in [2.24, 2.45) is 4.99 Å². The number of nitrogens with zero attached hydrogens (tertiary/aromatic N) is 2. The summed E-state index contributed by atoms with van der Waals surface area (Å²) in [7, 11) is 0. The number of aliphatic imine (C=N–C) groups is 1. The van der Waals surface area contributed by atoms with Crippen molar-refractivity contribution < 1.29 is 4.74 Å². The van der Waals surface area contributed by atoms with E-state index in [2.05, 4.69) is 16.0 Å². The Morgan fingerprint density at radius 1 is 1.38 bits per heavy atom. The fourth-order valence-corrected chi connectivity index (χ4v) is 1.81. The normalized spacial score (nSPS) is 24.3. The quantitative estimate of drug-likeness (QED) is 0.596. The lowest BCUT2D eigenvalue weighted by Gasteiger charge is -2.26. The molecule has 0 radical (unpaired) electrons. The van der Waals surface area contributed by atoms with Gasteiger partial charge in [-0.05, 0) is 12.1 Å². The first kappa shape index (κ1) is 7.09. The van der Waals surface area contributed by atoms with Gasteiger partial charge in [0.15, 0.2) is 0 Å². The van der Waals surface area contributed by atoms with E-state index in [1.54, 1.807) is 0 Å². The fraction of sp³-hybridized carbons (Fsp3) is 0.300. The molecule has 3 heteroatoms. The summed E-state index contributed by atoms with van der Waals surface area (Å²) in [5, 5.41) is 0. The zero-order valence-corrected chi connectivity index (χ0v) is 7.18. The minimum Gasteiger partial charge on any atom is -0.359 e. The van der Waals surface area contributed by atoms with E-state index in [1.165, 1.54) is 5.69 Å². The van der Waals surface area contributed by atoms with Crippen LogP contribution >= 0.6 is 0 Å². The van der Waals surface area contributed by atoms with Crippen molar-refractivity contribution in [2.45, 2.75) is 6.04 Å². The Labute approximate surface area is 76.6 Å². The summed E-state index contributed by atoms with van der Waals surface area (Å²) in [6, 6.07) is 8.51. The Kier molecular flexibility index (Phi) is 1.40. The molecular weight excluding hydrogens is 164 g/mol. The molecule has 2 aliphatic heterocycles. The zero-order chi connectivity index (χ0) is 8.67. The number of rotatable bonds is 0. The van der Waals surface area contributed by atoms with Crippen molar-refractivity contribution in [2.75, 3.05) is 18.2 Å². The molecule has 0 spiro atoms. The summed E-state index contributed by atoms with van der Waals surface area (Å²) in [6.45, 7) is 1.45. The van der Waals surface area contributed by atoms with Crippen LogP contribution in [-0.4, -0.2) is 25.6 Å². The van der Waals surface area contributed by atoms with E-state index in [1.807, 2.05) is 24.4 Å². The molecule has 13 heavy (non-hydrogen) atoms. The average Bonchev–Trinajstić information content (AvgIpc) is 2.65. The van der Waals surface area contributed by atoms with Crippen molar-refractivity contribution in [1.82, 2.24) is 0 Å². The van der Waals surface area contributed by atoms with Gasteiger partial charge in [0.1, 0.15) is 6.73 Å². The van der Waals surface area contributed by atoms with Crippen LogP contribution in [0.3, 0.4) is 0 Å². The van der Waals surface area contributed by atoms with Gasteiger partial charge in [-0.3, -0.25) is 4.99 Å². The lowest BCUT2D eigenvalue weighted by Crippen LogP contribution is -2.33. The van der Waals surface area contributed by atoms with E-state index in [-0.39, 0.29) is 0 Å². The number of fused-ring (bicyclic) bond motifs is 3. The molecule has 2 heterocycles. The third-order valence-corrected chi connectivity index (χ3v) is 2.50. The summed E-state index contributed by atoms with van der Waals surface area (Å²) >= 11 is 0. The molecular formula is C10H10N2O. The van der Waals surface area contributed by atoms with Crippen LogP contribution in [0.2, 0.25) is 0 Å². The molecule has 0 amide bonds. The SMILES string of the molecule is C1=Nc2ccccc2N2COCC12. The summed E-state index contributed by atoms with van der Waals surface area (Å²) in [5.74, 6) is 0. The van der Waals surface area contributed by atoms with Gasteiger partial charge in [-0.1, -0.05) is 12.1 Å². The van der Waals surface area contributed by atoms with E-state index >= 15 is 0 Å².